The molecule has 0 aliphatic heterocycles. The standard InChI is InChI=1S/C15H16N2S/c1-18(2)10-13-8-7-12-6-5-11-4-3-9-16-14(11)15(12)17-13/h3-9,18H,10H2,1-2H3. The van der Waals surface area contributed by atoms with Crippen molar-refractivity contribution in [3.63, 3.8) is 0 Å². The number of aromatic nitrogens is 2. The number of fused-ring (bicyclic) bond motifs is 3. The van der Waals surface area contributed by atoms with Gasteiger partial charge in [-0.1, -0.05) is 24.3 Å². The fourth-order valence-electron chi connectivity index (χ4n) is 2.18. The molecule has 0 saturated heterocycles. The molecular weight excluding hydrogens is 240 g/mol. The molecule has 3 heteroatoms. The van der Waals surface area contributed by atoms with Gasteiger partial charge in [0.1, 0.15) is 0 Å². The van der Waals surface area contributed by atoms with Crippen LogP contribution in [-0.4, -0.2) is 22.5 Å². The lowest BCUT2D eigenvalue weighted by Gasteiger charge is -2.09. The fourth-order valence-corrected chi connectivity index (χ4v) is 3.00. The second-order valence-corrected chi connectivity index (χ2v) is 7.23. The van der Waals surface area contributed by atoms with Crippen LogP contribution in [0, 0.1) is 0 Å². The maximum Gasteiger partial charge on any atom is 0.0968 e. The van der Waals surface area contributed by atoms with E-state index in [0.717, 1.165) is 22.2 Å². The summed E-state index contributed by atoms with van der Waals surface area (Å²) < 4.78 is 0. The number of hydrogen-bond acceptors (Lipinski definition) is 2. The predicted molar refractivity (Wildman–Crippen MR) is 81.6 cm³/mol. The highest BCUT2D eigenvalue weighted by Gasteiger charge is 2.04. The lowest BCUT2D eigenvalue weighted by Crippen LogP contribution is -1.92. The van der Waals surface area contributed by atoms with Crippen molar-refractivity contribution in [3.8, 4) is 0 Å². The summed E-state index contributed by atoms with van der Waals surface area (Å²) in [5.41, 5.74) is 3.22. The van der Waals surface area contributed by atoms with E-state index in [1.54, 1.807) is 0 Å². The van der Waals surface area contributed by atoms with Crippen LogP contribution in [0.3, 0.4) is 0 Å². The molecule has 0 saturated carbocycles. The molecule has 0 N–H and O–H groups in total. The zero-order valence-electron chi connectivity index (χ0n) is 10.6. The Kier molecular flexibility index (Phi) is 2.92. The average Bonchev–Trinajstić information content (AvgIpc) is 2.38. The molecule has 0 radical (unpaired) electrons. The van der Waals surface area contributed by atoms with Crippen LogP contribution in [-0.2, 0) is 5.75 Å². The Bertz CT molecular complexity index is 707. The van der Waals surface area contributed by atoms with Gasteiger partial charge in [0.2, 0.25) is 0 Å². The van der Waals surface area contributed by atoms with Gasteiger partial charge in [-0.05, 0) is 24.6 Å². The summed E-state index contributed by atoms with van der Waals surface area (Å²) in [7, 11) is 0.0418. The Labute approximate surface area is 109 Å². The number of pyridine rings is 2. The summed E-state index contributed by atoms with van der Waals surface area (Å²) in [4.78, 5) is 9.27. The molecule has 0 atom stereocenters. The van der Waals surface area contributed by atoms with Crippen molar-refractivity contribution in [2.75, 3.05) is 12.5 Å². The van der Waals surface area contributed by atoms with Crippen LogP contribution in [0.5, 0.6) is 0 Å². The third kappa shape index (κ3) is 2.06. The van der Waals surface area contributed by atoms with Crippen molar-refractivity contribution in [1.82, 2.24) is 9.97 Å². The van der Waals surface area contributed by atoms with Crippen molar-refractivity contribution in [1.29, 1.82) is 0 Å². The van der Waals surface area contributed by atoms with E-state index in [0.29, 0.717) is 0 Å². The lowest BCUT2D eigenvalue weighted by atomic mass is 10.1. The monoisotopic (exact) mass is 256 g/mol. The van der Waals surface area contributed by atoms with E-state index < -0.39 is 0 Å². The molecule has 92 valence electrons. The van der Waals surface area contributed by atoms with Crippen molar-refractivity contribution in [3.05, 3.63) is 48.3 Å². The second-order valence-electron chi connectivity index (χ2n) is 4.75. The van der Waals surface area contributed by atoms with Gasteiger partial charge in [0.05, 0.1) is 11.0 Å². The van der Waals surface area contributed by atoms with Crippen LogP contribution in [0.15, 0.2) is 42.6 Å². The summed E-state index contributed by atoms with van der Waals surface area (Å²) in [6.45, 7) is 0. The molecule has 0 amide bonds. The van der Waals surface area contributed by atoms with E-state index in [1.165, 1.54) is 11.1 Å². The Balaban J connectivity index is 2.26. The van der Waals surface area contributed by atoms with Gasteiger partial charge >= 0.3 is 0 Å². The van der Waals surface area contributed by atoms with E-state index in [9.17, 15) is 0 Å². The Morgan fingerprint density at radius 3 is 2.44 bits per heavy atom. The van der Waals surface area contributed by atoms with Crippen molar-refractivity contribution < 1.29 is 0 Å². The summed E-state index contributed by atoms with van der Waals surface area (Å²) in [6.07, 6.45) is 6.40. The van der Waals surface area contributed by atoms with Gasteiger partial charge in [0.25, 0.3) is 0 Å². The van der Waals surface area contributed by atoms with Crippen molar-refractivity contribution in [2.24, 2.45) is 0 Å². The summed E-state index contributed by atoms with van der Waals surface area (Å²) >= 11 is 0. The fraction of sp³-hybridized carbons (Fsp3) is 0.200. The third-order valence-corrected chi connectivity index (χ3v) is 3.92. The molecule has 2 nitrogen and oxygen atoms in total. The maximum absolute atomic E-state index is 4.80. The molecule has 2 heterocycles. The van der Waals surface area contributed by atoms with E-state index in [-0.39, 0.29) is 10.9 Å². The minimum atomic E-state index is 0.0418. The number of nitrogens with zero attached hydrogens (tertiary/aromatic N) is 2. The molecule has 3 rings (SSSR count). The smallest absolute Gasteiger partial charge is 0.0968 e. The van der Waals surface area contributed by atoms with Crippen LogP contribution >= 0.6 is 10.9 Å². The quantitative estimate of drug-likeness (QED) is 0.560. The van der Waals surface area contributed by atoms with Crippen LogP contribution in [0.25, 0.3) is 21.8 Å². The van der Waals surface area contributed by atoms with Crippen molar-refractivity contribution >= 4 is 32.7 Å². The van der Waals surface area contributed by atoms with Gasteiger partial charge in [-0.25, -0.2) is 4.98 Å². The van der Waals surface area contributed by atoms with Crippen LogP contribution in [0.1, 0.15) is 5.69 Å². The highest BCUT2D eigenvalue weighted by atomic mass is 32.2. The van der Waals surface area contributed by atoms with Crippen LogP contribution < -0.4 is 0 Å². The van der Waals surface area contributed by atoms with Gasteiger partial charge in [0, 0.05) is 28.4 Å². The van der Waals surface area contributed by atoms with E-state index >= 15 is 0 Å². The predicted octanol–water partition coefficient (Wildman–Crippen LogP) is 3.54. The molecular formula is C15H16N2S. The van der Waals surface area contributed by atoms with Gasteiger partial charge in [-0.2, -0.15) is 0 Å². The van der Waals surface area contributed by atoms with E-state index in [1.807, 2.05) is 12.3 Å². The van der Waals surface area contributed by atoms with Gasteiger partial charge in [-0.15, -0.1) is 0 Å². The first-order chi connectivity index (χ1) is 8.74. The van der Waals surface area contributed by atoms with Crippen LogP contribution in [0.2, 0.25) is 0 Å². The summed E-state index contributed by atoms with van der Waals surface area (Å²) in [6, 6.07) is 12.6. The Morgan fingerprint density at radius 1 is 0.944 bits per heavy atom. The van der Waals surface area contributed by atoms with Gasteiger partial charge in [-0.3, -0.25) is 15.9 Å². The minimum Gasteiger partial charge on any atom is -0.254 e. The Hall–Kier alpha value is -1.61. The minimum absolute atomic E-state index is 0.0418. The molecule has 0 bridgehead atoms. The zero-order chi connectivity index (χ0) is 12.5. The summed E-state index contributed by atoms with van der Waals surface area (Å²) in [5.74, 6) is 1.08. The molecule has 2 aromatic heterocycles. The van der Waals surface area contributed by atoms with Crippen molar-refractivity contribution in [2.45, 2.75) is 5.75 Å². The molecule has 18 heavy (non-hydrogen) atoms. The first-order valence-electron chi connectivity index (χ1n) is 6.02. The molecule has 1 aromatic carbocycles. The first-order valence-corrected chi connectivity index (χ1v) is 8.44. The highest BCUT2D eigenvalue weighted by Crippen LogP contribution is 2.25. The van der Waals surface area contributed by atoms with E-state index in [4.69, 9.17) is 4.98 Å². The number of benzene rings is 1. The molecule has 0 aliphatic carbocycles. The first kappa shape index (κ1) is 11.5. The SMILES string of the molecule is C[SH](C)Cc1ccc2ccc3cccnc3c2n1. The van der Waals surface area contributed by atoms with Gasteiger partial charge < -0.3 is 0 Å². The molecule has 0 spiro atoms. The Morgan fingerprint density at radius 2 is 1.67 bits per heavy atom. The topological polar surface area (TPSA) is 25.8 Å². The average molecular weight is 256 g/mol. The lowest BCUT2D eigenvalue weighted by molar-refractivity contribution is 1.22. The molecule has 0 fully saturated rings. The normalized spacial score (nSPS) is 12.0. The number of hydrogen-bond donors (Lipinski definition) is 1. The number of rotatable bonds is 2. The molecule has 0 unspecified atom stereocenters. The highest BCUT2D eigenvalue weighted by molar-refractivity contribution is 8.15. The van der Waals surface area contributed by atoms with E-state index in [2.05, 4.69) is 47.8 Å². The van der Waals surface area contributed by atoms with Crippen LogP contribution in [0.4, 0.5) is 0 Å². The maximum atomic E-state index is 4.80. The number of thiol groups is 1. The second kappa shape index (κ2) is 4.58. The molecule has 0 aliphatic rings. The zero-order valence-corrected chi connectivity index (χ0v) is 11.5. The summed E-state index contributed by atoms with van der Waals surface area (Å²) in [5, 5.41) is 2.33. The van der Waals surface area contributed by atoms with Gasteiger partial charge in [0.15, 0.2) is 0 Å². The largest absolute Gasteiger partial charge is 0.254 e. The molecule has 3 aromatic rings. The third-order valence-electron chi connectivity index (χ3n) is 2.97.